The largest absolute Gasteiger partial charge is 0.468 e. The molecule has 1 aromatic rings. The minimum absolute atomic E-state index is 0.116. The number of ether oxygens (including phenoxy) is 1. The van der Waals surface area contributed by atoms with Gasteiger partial charge in [0.1, 0.15) is 0 Å². The fourth-order valence-electron chi connectivity index (χ4n) is 2.64. The molecule has 1 aromatic carbocycles. The van der Waals surface area contributed by atoms with Crippen LogP contribution in [0.25, 0.3) is 0 Å². The summed E-state index contributed by atoms with van der Waals surface area (Å²) in [4.78, 5) is 11.9. The van der Waals surface area contributed by atoms with Gasteiger partial charge in [-0.3, -0.25) is 4.79 Å². The van der Waals surface area contributed by atoms with Gasteiger partial charge in [-0.2, -0.15) is 0 Å². The average Bonchev–Trinajstić information content (AvgIpc) is 3.25. The second-order valence-electron chi connectivity index (χ2n) is 5.28. The second-order valence-corrected chi connectivity index (χ2v) is 5.28. The summed E-state index contributed by atoms with van der Waals surface area (Å²) in [6.45, 7) is 0. The summed E-state index contributed by atoms with van der Waals surface area (Å²) in [6.07, 6.45) is 3.79. The van der Waals surface area contributed by atoms with Gasteiger partial charge < -0.3 is 10.5 Å². The minimum atomic E-state index is -0.402. The van der Waals surface area contributed by atoms with E-state index in [-0.39, 0.29) is 11.5 Å². The molecule has 90 valence electrons. The Labute approximate surface area is 101 Å². The van der Waals surface area contributed by atoms with Crippen LogP contribution in [0.2, 0.25) is 0 Å². The van der Waals surface area contributed by atoms with Crippen LogP contribution in [0, 0.1) is 0 Å². The summed E-state index contributed by atoms with van der Waals surface area (Å²) in [6, 6.07) is 8.07. The first kappa shape index (κ1) is 10.8. The number of hydrogen-bond donors (Lipinski definition) is 1. The molecule has 3 heteroatoms. The van der Waals surface area contributed by atoms with Crippen molar-refractivity contribution < 1.29 is 9.53 Å². The van der Waals surface area contributed by atoms with Crippen molar-refractivity contribution in [3.8, 4) is 0 Å². The van der Waals surface area contributed by atoms with Gasteiger partial charge in [0.15, 0.2) is 0 Å². The zero-order chi connectivity index (χ0) is 12.1. The van der Waals surface area contributed by atoms with Crippen molar-refractivity contribution in [1.82, 2.24) is 0 Å². The molecule has 3 nitrogen and oxygen atoms in total. The van der Waals surface area contributed by atoms with Gasteiger partial charge in [0.2, 0.25) is 0 Å². The SMILES string of the molecule is COC(=O)C1(c2ccccc2C2(N)CC2)CC1. The average molecular weight is 231 g/mol. The van der Waals surface area contributed by atoms with Gasteiger partial charge in [-0.15, -0.1) is 0 Å². The molecule has 0 aliphatic heterocycles. The van der Waals surface area contributed by atoms with Crippen molar-refractivity contribution in [2.45, 2.75) is 36.6 Å². The first-order valence-electron chi connectivity index (χ1n) is 6.10. The molecule has 0 bridgehead atoms. The Morgan fingerprint density at radius 1 is 1.18 bits per heavy atom. The summed E-state index contributed by atoms with van der Waals surface area (Å²) in [5, 5.41) is 0. The maximum atomic E-state index is 11.9. The molecule has 0 atom stereocenters. The van der Waals surface area contributed by atoms with Crippen LogP contribution in [0.3, 0.4) is 0 Å². The first-order valence-corrected chi connectivity index (χ1v) is 6.10. The number of methoxy groups -OCH3 is 1. The maximum absolute atomic E-state index is 11.9. The van der Waals surface area contributed by atoms with Crippen molar-refractivity contribution in [2.75, 3.05) is 7.11 Å². The predicted molar refractivity (Wildman–Crippen MR) is 64.5 cm³/mol. The third-order valence-electron chi connectivity index (χ3n) is 4.09. The van der Waals surface area contributed by atoms with E-state index in [0.29, 0.717) is 0 Å². The Hall–Kier alpha value is -1.35. The molecular weight excluding hydrogens is 214 g/mol. The second kappa shape index (κ2) is 3.33. The lowest BCUT2D eigenvalue weighted by Crippen LogP contribution is -2.28. The third kappa shape index (κ3) is 1.49. The molecule has 0 spiro atoms. The number of carbonyl (C=O) groups is 1. The molecule has 2 saturated carbocycles. The van der Waals surface area contributed by atoms with Gasteiger partial charge in [-0.25, -0.2) is 0 Å². The van der Waals surface area contributed by atoms with Crippen LogP contribution < -0.4 is 5.73 Å². The summed E-state index contributed by atoms with van der Waals surface area (Å²) < 4.78 is 4.94. The molecule has 2 N–H and O–H groups in total. The lowest BCUT2D eigenvalue weighted by Gasteiger charge is -2.20. The van der Waals surface area contributed by atoms with Gasteiger partial charge in [0.25, 0.3) is 0 Å². The fraction of sp³-hybridized carbons (Fsp3) is 0.500. The molecule has 17 heavy (non-hydrogen) atoms. The number of nitrogens with two attached hydrogens (primary N) is 1. The molecule has 0 radical (unpaired) electrons. The number of esters is 1. The first-order chi connectivity index (χ1) is 8.12. The van der Waals surface area contributed by atoms with E-state index in [2.05, 4.69) is 6.07 Å². The highest BCUT2D eigenvalue weighted by Crippen LogP contribution is 2.54. The van der Waals surface area contributed by atoms with Crippen LogP contribution in [-0.4, -0.2) is 13.1 Å². The van der Waals surface area contributed by atoms with Crippen molar-refractivity contribution >= 4 is 5.97 Å². The van der Waals surface area contributed by atoms with Crippen LogP contribution in [0.5, 0.6) is 0 Å². The van der Waals surface area contributed by atoms with Crippen LogP contribution in [0.15, 0.2) is 24.3 Å². The van der Waals surface area contributed by atoms with Crippen molar-refractivity contribution in [2.24, 2.45) is 5.73 Å². The fourth-order valence-corrected chi connectivity index (χ4v) is 2.64. The van der Waals surface area contributed by atoms with E-state index < -0.39 is 5.41 Å². The molecule has 0 unspecified atom stereocenters. The topological polar surface area (TPSA) is 52.3 Å². The highest BCUT2D eigenvalue weighted by molar-refractivity contribution is 5.87. The van der Waals surface area contributed by atoms with E-state index in [1.165, 1.54) is 7.11 Å². The van der Waals surface area contributed by atoms with Crippen LogP contribution in [0.4, 0.5) is 0 Å². The normalized spacial score (nSPS) is 22.9. The van der Waals surface area contributed by atoms with E-state index in [9.17, 15) is 4.79 Å². The van der Waals surface area contributed by atoms with Crippen LogP contribution in [-0.2, 0) is 20.5 Å². The molecule has 0 saturated heterocycles. The molecule has 3 rings (SSSR count). The standard InChI is InChI=1S/C14H17NO2/c1-17-12(16)13(6-7-13)10-4-2-3-5-11(10)14(15)8-9-14/h2-5H,6-9,15H2,1H3. The van der Waals surface area contributed by atoms with Crippen LogP contribution in [0.1, 0.15) is 36.8 Å². The van der Waals surface area contributed by atoms with Gasteiger partial charge in [0, 0.05) is 5.54 Å². The number of rotatable bonds is 3. The van der Waals surface area contributed by atoms with E-state index >= 15 is 0 Å². The Balaban J connectivity index is 2.07. The van der Waals surface area contributed by atoms with E-state index in [1.807, 2.05) is 18.2 Å². The number of hydrogen-bond acceptors (Lipinski definition) is 3. The Kier molecular flexibility index (Phi) is 2.11. The zero-order valence-electron chi connectivity index (χ0n) is 10.0. The van der Waals surface area contributed by atoms with Gasteiger partial charge in [-0.05, 0) is 36.8 Å². The molecule has 2 aliphatic rings. The van der Waals surface area contributed by atoms with Gasteiger partial charge in [-0.1, -0.05) is 24.3 Å². The Bertz CT molecular complexity index is 473. The van der Waals surface area contributed by atoms with E-state index in [1.54, 1.807) is 0 Å². The summed E-state index contributed by atoms with van der Waals surface area (Å²) in [7, 11) is 1.46. The van der Waals surface area contributed by atoms with Gasteiger partial charge >= 0.3 is 5.97 Å². The number of benzene rings is 1. The lowest BCUT2D eigenvalue weighted by molar-refractivity contribution is -0.143. The molecule has 0 aromatic heterocycles. The highest BCUT2D eigenvalue weighted by Gasteiger charge is 2.56. The smallest absolute Gasteiger partial charge is 0.316 e. The summed E-state index contributed by atoms with van der Waals surface area (Å²) >= 11 is 0. The van der Waals surface area contributed by atoms with Crippen molar-refractivity contribution in [3.05, 3.63) is 35.4 Å². The lowest BCUT2D eigenvalue weighted by atomic mass is 9.87. The van der Waals surface area contributed by atoms with Crippen LogP contribution >= 0.6 is 0 Å². The summed E-state index contributed by atoms with van der Waals surface area (Å²) in [5.74, 6) is -0.116. The molecule has 2 aliphatic carbocycles. The van der Waals surface area contributed by atoms with Crippen molar-refractivity contribution in [1.29, 1.82) is 0 Å². The molecule has 0 amide bonds. The maximum Gasteiger partial charge on any atom is 0.316 e. The summed E-state index contributed by atoms with van der Waals surface area (Å²) in [5.41, 5.74) is 7.92. The molecule has 2 fully saturated rings. The molecular formula is C14H17NO2. The monoisotopic (exact) mass is 231 g/mol. The highest BCUT2D eigenvalue weighted by atomic mass is 16.5. The predicted octanol–water partition coefficient (Wildman–Crippen LogP) is 1.84. The number of carbonyl (C=O) groups excluding carboxylic acids is 1. The van der Waals surface area contributed by atoms with Gasteiger partial charge in [0.05, 0.1) is 12.5 Å². The Morgan fingerprint density at radius 2 is 1.76 bits per heavy atom. The molecule has 0 heterocycles. The quantitative estimate of drug-likeness (QED) is 0.807. The minimum Gasteiger partial charge on any atom is -0.468 e. The third-order valence-corrected chi connectivity index (χ3v) is 4.09. The zero-order valence-corrected chi connectivity index (χ0v) is 10.0. The Morgan fingerprint density at radius 3 is 2.24 bits per heavy atom. The van der Waals surface area contributed by atoms with Crippen molar-refractivity contribution in [3.63, 3.8) is 0 Å². The van der Waals surface area contributed by atoms with E-state index in [4.69, 9.17) is 10.5 Å². The van der Waals surface area contributed by atoms with E-state index in [0.717, 1.165) is 36.8 Å².